The molecule has 18 heavy (non-hydrogen) atoms. The Balaban J connectivity index is 2.57. The van der Waals surface area contributed by atoms with Crippen LogP contribution in [-0.2, 0) is 11.2 Å². The molecule has 0 bridgehead atoms. The second kappa shape index (κ2) is 7.52. The van der Waals surface area contributed by atoms with E-state index in [1.165, 1.54) is 6.07 Å². The molecule has 0 heterocycles. The van der Waals surface area contributed by atoms with Gasteiger partial charge in [-0.3, -0.25) is 4.79 Å². The van der Waals surface area contributed by atoms with E-state index in [0.29, 0.717) is 12.0 Å². The first-order valence-corrected chi connectivity index (χ1v) is 7.10. The summed E-state index contributed by atoms with van der Waals surface area (Å²) in [6.45, 7) is 2.83. The molecule has 2 nitrogen and oxygen atoms in total. The van der Waals surface area contributed by atoms with E-state index in [-0.39, 0.29) is 16.6 Å². The second-order valence-corrected chi connectivity index (χ2v) is 5.48. The van der Waals surface area contributed by atoms with Crippen LogP contribution in [0.5, 0.6) is 0 Å². The van der Waals surface area contributed by atoms with Gasteiger partial charge >= 0.3 is 0 Å². The Kier molecular flexibility index (Phi) is 6.33. The summed E-state index contributed by atoms with van der Waals surface area (Å²) in [7, 11) is 1.79. The molecule has 1 rings (SSSR count). The predicted octanol–water partition coefficient (Wildman–Crippen LogP) is 3.39. The van der Waals surface area contributed by atoms with Crippen molar-refractivity contribution in [2.75, 3.05) is 13.6 Å². The summed E-state index contributed by atoms with van der Waals surface area (Å²) in [6, 6.07) is 6.56. The number of hydrogen-bond donors (Lipinski definition) is 0. The lowest BCUT2D eigenvalue weighted by molar-refractivity contribution is -0.129. The number of alkyl halides is 1. The first-order chi connectivity index (χ1) is 8.56. The van der Waals surface area contributed by atoms with Gasteiger partial charge in [-0.15, -0.1) is 0 Å². The van der Waals surface area contributed by atoms with Gasteiger partial charge in [0, 0.05) is 13.6 Å². The van der Waals surface area contributed by atoms with Crippen molar-refractivity contribution in [2.45, 2.75) is 31.0 Å². The van der Waals surface area contributed by atoms with Gasteiger partial charge in [-0.2, -0.15) is 0 Å². The zero-order valence-corrected chi connectivity index (χ0v) is 12.4. The maximum Gasteiger partial charge on any atom is 0.236 e. The summed E-state index contributed by atoms with van der Waals surface area (Å²) in [6.07, 6.45) is 2.42. The summed E-state index contributed by atoms with van der Waals surface area (Å²) < 4.78 is 13.5. The maximum absolute atomic E-state index is 13.5. The first kappa shape index (κ1) is 15.2. The minimum atomic E-state index is -0.365. The molecule has 0 aromatic heterocycles. The van der Waals surface area contributed by atoms with Crippen LogP contribution >= 0.6 is 15.9 Å². The standard InChI is InChI=1S/C14H19BrFNO/c1-3-4-9-17(2)14(18)12(15)10-11-7-5-6-8-13(11)16/h5-8,12H,3-4,9-10H2,1-2H3. The van der Waals surface area contributed by atoms with Crippen molar-refractivity contribution in [3.8, 4) is 0 Å². The average Bonchev–Trinajstić information content (AvgIpc) is 2.37. The largest absolute Gasteiger partial charge is 0.345 e. The molecule has 1 aromatic rings. The van der Waals surface area contributed by atoms with E-state index in [9.17, 15) is 9.18 Å². The van der Waals surface area contributed by atoms with Gasteiger partial charge in [-0.05, 0) is 24.5 Å². The van der Waals surface area contributed by atoms with E-state index in [4.69, 9.17) is 0 Å². The Bertz CT molecular complexity index is 397. The van der Waals surface area contributed by atoms with Crippen LogP contribution in [-0.4, -0.2) is 29.2 Å². The number of nitrogens with zero attached hydrogens (tertiary/aromatic N) is 1. The lowest BCUT2D eigenvalue weighted by atomic mass is 10.1. The van der Waals surface area contributed by atoms with Gasteiger partial charge in [0.2, 0.25) is 5.91 Å². The van der Waals surface area contributed by atoms with Crippen LogP contribution in [0.1, 0.15) is 25.3 Å². The highest BCUT2D eigenvalue weighted by atomic mass is 79.9. The molecule has 0 aliphatic heterocycles. The number of carbonyl (C=O) groups is 1. The molecule has 0 fully saturated rings. The number of unbranched alkanes of at least 4 members (excludes halogenated alkanes) is 1. The van der Waals surface area contributed by atoms with Crippen molar-refractivity contribution in [3.63, 3.8) is 0 Å². The molecular formula is C14H19BrFNO. The Morgan fingerprint density at radius 2 is 2.11 bits per heavy atom. The Hall–Kier alpha value is -0.900. The molecule has 0 saturated heterocycles. The molecule has 0 spiro atoms. The van der Waals surface area contributed by atoms with Crippen molar-refractivity contribution in [3.05, 3.63) is 35.6 Å². The lowest BCUT2D eigenvalue weighted by Crippen LogP contribution is -2.35. The molecule has 1 amide bonds. The lowest BCUT2D eigenvalue weighted by Gasteiger charge is -2.20. The normalized spacial score (nSPS) is 12.2. The van der Waals surface area contributed by atoms with Crippen LogP contribution in [0.3, 0.4) is 0 Å². The van der Waals surface area contributed by atoms with Crippen molar-refractivity contribution in [2.24, 2.45) is 0 Å². The fraction of sp³-hybridized carbons (Fsp3) is 0.500. The molecule has 0 radical (unpaired) electrons. The molecule has 1 atom stereocenters. The van der Waals surface area contributed by atoms with Crippen LogP contribution in [0.15, 0.2) is 24.3 Å². The topological polar surface area (TPSA) is 20.3 Å². The van der Waals surface area contributed by atoms with Crippen molar-refractivity contribution < 1.29 is 9.18 Å². The number of carbonyl (C=O) groups excluding carboxylic acids is 1. The summed E-state index contributed by atoms with van der Waals surface area (Å²) >= 11 is 3.35. The van der Waals surface area contributed by atoms with Gasteiger partial charge in [-0.25, -0.2) is 4.39 Å². The third-order valence-electron chi connectivity index (χ3n) is 2.85. The molecule has 4 heteroatoms. The third kappa shape index (κ3) is 4.41. The summed E-state index contributed by atoms with van der Waals surface area (Å²) in [5, 5.41) is 0. The number of amides is 1. The quantitative estimate of drug-likeness (QED) is 0.737. The average molecular weight is 316 g/mol. The van der Waals surface area contributed by atoms with E-state index in [2.05, 4.69) is 22.9 Å². The number of halogens is 2. The van der Waals surface area contributed by atoms with E-state index < -0.39 is 0 Å². The summed E-state index contributed by atoms with van der Waals surface area (Å²) in [5.41, 5.74) is 0.566. The van der Waals surface area contributed by atoms with Crippen LogP contribution in [0.4, 0.5) is 4.39 Å². The summed E-state index contributed by atoms with van der Waals surface area (Å²) in [4.78, 5) is 13.4. The Labute approximate surface area is 116 Å². The van der Waals surface area contributed by atoms with Gasteiger partial charge in [0.05, 0.1) is 4.83 Å². The highest BCUT2D eigenvalue weighted by molar-refractivity contribution is 9.10. The van der Waals surface area contributed by atoms with Crippen LogP contribution in [0.2, 0.25) is 0 Å². The van der Waals surface area contributed by atoms with E-state index in [1.54, 1.807) is 30.1 Å². The van der Waals surface area contributed by atoms with Gasteiger partial charge in [0.25, 0.3) is 0 Å². The molecule has 0 N–H and O–H groups in total. The highest BCUT2D eigenvalue weighted by Gasteiger charge is 2.20. The minimum Gasteiger partial charge on any atom is -0.345 e. The van der Waals surface area contributed by atoms with Gasteiger partial charge in [0.1, 0.15) is 5.82 Å². The van der Waals surface area contributed by atoms with E-state index >= 15 is 0 Å². The van der Waals surface area contributed by atoms with Gasteiger partial charge in [-0.1, -0.05) is 47.5 Å². The summed E-state index contributed by atoms with van der Waals surface area (Å²) in [5.74, 6) is -0.252. The number of benzene rings is 1. The third-order valence-corrected chi connectivity index (χ3v) is 3.56. The van der Waals surface area contributed by atoms with E-state index in [1.807, 2.05) is 0 Å². The Morgan fingerprint density at radius 1 is 1.44 bits per heavy atom. The van der Waals surface area contributed by atoms with Crippen LogP contribution in [0.25, 0.3) is 0 Å². The zero-order chi connectivity index (χ0) is 13.5. The van der Waals surface area contributed by atoms with Crippen molar-refractivity contribution in [1.29, 1.82) is 0 Å². The fourth-order valence-corrected chi connectivity index (χ4v) is 2.39. The SMILES string of the molecule is CCCCN(C)C(=O)C(Br)Cc1ccccc1F. The molecule has 0 aliphatic carbocycles. The van der Waals surface area contributed by atoms with Crippen LogP contribution < -0.4 is 0 Å². The maximum atomic E-state index is 13.5. The highest BCUT2D eigenvalue weighted by Crippen LogP contribution is 2.15. The molecule has 0 aliphatic rings. The smallest absolute Gasteiger partial charge is 0.236 e. The number of rotatable bonds is 6. The van der Waals surface area contributed by atoms with E-state index in [0.717, 1.165) is 19.4 Å². The predicted molar refractivity (Wildman–Crippen MR) is 75.4 cm³/mol. The second-order valence-electron chi connectivity index (χ2n) is 4.38. The van der Waals surface area contributed by atoms with Crippen molar-refractivity contribution in [1.82, 2.24) is 4.90 Å². The van der Waals surface area contributed by atoms with Gasteiger partial charge < -0.3 is 4.90 Å². The molecule has 1 unspecified atom stereocenters. The minimum absolute atomic E-state index is 0.00621. The molecular weight excluding hydrogens is 297 g/mol. The molecule has 1 aromatic carbocycles. The van der Waals surface area contributed by atoms with Crippen molar-refractivity contribution >= 4 is 21.8 Å². The van der Waals surface area contributed by atoms with Crippen LogP contribution in [0, 0.1) is 5.82 Å². The zero-order valence-electron chi connectivity index (χ0n) is 10.8. The number of hydrogen-bond acceptors (Lipinski definition) is 1. The molecule has 100 valence electrons. The first-order valence-electron chi connectivity index (χ1n) is 6.18. The Morgan fingerprint density at radius 3 is 2.72 bits per heavy atom. The molecule has 0 saturated carbocycles. The monoisotopic (exact) mass is 315 g/mol. The fourth-order valence-electron chi connectivity index (χ4n) is 1.69. The van der Waals surface area contributed by atoms with Gasteiger partial charge in [0.15, 0.2) is 0 Å².